The molecule has 1 aliphatic carbocycles. The highest BCUT2D eigenvalue weighted by Gasteiger charge is 2.46. The molecule has 1 aromatic rings. The van der Waals surface area contributed by atoms with Crippen LogP contribution in [0.2, 0.25) is 0 Å². The predicted octanol–water partition coefficient (Wildman–Crippen LogP) is 3.34. The second-order valence-electron chi connectivity index (χ2n) is 6.38. The fourth-order valence-corrected chi connectivity index (χ4v) is 3.81. The van der Waals surface area contributed by atoms with Gasteiger partial charge in [0.15, 0.2) is 0 Å². The van der Waals surface area contributed by atoms with Crippen molar-refractivity contribution in [1.29, 1.82) is 0 Å². The summed E-state index contributed by atoms with van der Waals surface area (Å²) in [5.41, 5.74) is 2.37. The highest BCUT2D eigenvalue weighted by atomic mass is 16.2. The van der Waals surface area contributed by atoms with E-state index in [1.165, 1.54) is 16.0 Å². The van der Waals surface area contributed by atoms with Crippen LogP contribution in [0.5, 0.6) is 0 Å². The zero-order valence-electron chi connectivity index (χ0n) is 13.4. The van der Waals surface area contributed by atoms with Crippen molar-refractivity contribution in [3.05, 3.63) is 35.4 Å². The fourth-order valence-electron chi connectivity index (χ4n) is 3.81. The third-order valence-electron chi connectivity index (χ3n) is 5.11. The summed E-state index contributed by atoms with van der Waals surface area (Å²) >= 11 is 0. The average molecular weight is 300 g/mol. The normalized spacial score (nSPS) is 25.4. The van der Waals surface area contributed by atoms with Crippen molar-refractivity contribution in [3.63, 3.8) is 0 Å². The standard InChI is InChI=1S/C18H24N2O2/c1-3-19-17(21)15-10-6-7-11-16(15)20(18(19)22)12-14-9-5-4-8-13(14)2/h4-5,8-9,15-16H,3,6-7,10-12H2,1-2H3. The number of carbonyl (C=O) groups is 2. The zero-order chi connectivity index (χ0) is 15.7. The van der Waals surface area contributed by atoms with Crippen LogP contribution in [0.4, 0.5) is 4.79 Å². The van der Waals surface area contributed by atoms with E-state index in [2.05, 4.69) is 19.1 Å². The fraction of sp³-hybridized carbons (Fsp3) is 0.556. The number of hydrogen-bond acceptors (Lipinski definition) is 2. The van der Waals surface area contributed by atoms with Gasteiger partial charge in [0.2, 0.25) is 5.91 Å². The second-order valence-corrected chi connectivity index (χ2v) is 6.38. The summed E-state index contributed by atoms with van der Waals surface area (Å²) in [6, 6.07) is 8.15. The maximum atomic E-state index is 12.8. The largest absolute Gasteiger partial charge is 0.327 e. The van der Waals surface area contributed by atoms with Crippen LogP contribution < -0.4 is 0 Å². The lowest BCUT2D eigenvalue weighted by molar-refractivity contribution is -0.140. The minimum Gasteiger partial charge on any atom is -0.316 e. The van der Waals surface area contributed by atoms with Gasteiger partial charge in [0.25, 0.3) is 0 Å². The lowest BCUT2D eigenvalue weighted by Gasteiger charge is -2.46. The van der Waals surface area contributed by atoms with Crippen LogP contribution in [0.1, 0.15) is 43.7 Å². The minimum atomic E-state index is -0.112. The molecule has 118 valence electrons. The lowest BCUT2D eigenvalue weighted by atomic mass is 9.81. The summed E-state index contributed by atoms with van der Waals surface area (Å²) in [5.74, 6) is 0.0358. The first-order valence-corrected chi connectivity index (χ1v) is 8.30. The average Bonchev–Trinajstić information content (AvgIpc) is 2.54. The maximum Gasteiger partial charge on any atom is 0.327 e. The van der Waals surface area contributed by atoms with Crippen LogP contribution in [0.3, 0.4) is 0 Å². The van der Waals surface area contributed by atoms with Crippen LogP contribution in [0.15, 0.2) is 24.3 Å². The smallest absolute Gasteiger partial charge is 0.316 e. The van der Waals surface area contributed by atoms with E-state index in [1.54, 1.807) is 0 Å². The zero-order valence-corrected chi connectivity index (χ0v) is 13.4. The van der Waals surface area contributed by atoms with E-state index >= 15 is 0 Å². The number of urea groups is 1. The Hall–Kier alpha value is -1.84. The number of rotatable bonds is 3. The number of hydrogen-bond donors (Lipinski definition) is 0. The summed E-state index contributed by atoms with van der Waals surface area (Å²) in [6.07, 6.45) is 4.07. The highest BCUT2D eigenvalue weighted by molar-refractivity contribution is 5.98. The molecule has 0 aromatic heterocycles. The van der Waals surface area contributed by atoms with E-state index in [1.807, 2.05) is 24.0 Å². The predicted molar refractivity (Wildman–Crippen MR) is 85.3 cm³/mol. The molecule has 2 aliphatic rings. The van der Waals surface area contributed by atoms with Crippen molar-refractivity contribution in [2.24, 2.45) is 5.92 Å². The molecule has 3 amide bonds. The van der Waals surface area contributed by atoms with E-state index in [-0.39, 0.29) is 23.9 Å². The van der Waals surface area contributed by atoms with Gasteiger partial charge in [0.05, 0.1) is 5.92 Å². The van der Waals surface area contributed by atoms with Gasteiger partial charge in [-0.2, -0.15) is 0 Å². The van der Waals surface area contributed by atoms with Gasteiger partial charge in [-0.1, -0.05) is 37.1 Å². The summed E-state index contributed by atoms with van der Waals surface area (Å²) in [7, 11) is 0. The van der Waals surface area contributed by atoms with Crippen LogP contribution in [-0.4, -0.2) is 34.3 Å². The molecule has 0 bridgehead atoms. The Morgan fingerprint density at radius 3 is 2.59 bits per heavy atom. The molecule has 3 rings (SSSR count). The number of benzene rings is 1. The third kappa shape index (κ3) is 2.51. The number of carbonyl (C=O) groups excluding carboxylic acids is 2. The Kier molecular flexibility index (Phi) is 4.19. The first-order valence-electron chi connectivity index (χ1n) is 8.30. The summed E-state index contributed by atoms with van der Waals surface area (Å²) in [6.45, 7) is 5.03. The van der Waals surface area contributed by atoms with Gasteiger partial charge in [-0.3, -0.25) is 9.69 Å². The molecule has 2 atom stereocenters. The van der Waals surface area contributed by atoms with Crippen molar-refractivity contribution in [2.75, 3.05) is 6.54 Å². The Morgan fingerprint density at radius 2 is 1.86 bits per heavy atom. The van der Waals surface area contributed by atoms with Crippen LogP contribution in [-0.2, 0) is 11.3 Å². The number of nitrogens with zero attached hydrogens (tertiary/aromatic N) is 2. The molecule has 0 N–H and O–H groups in total. The number of aryl methyl sites for hydroxylation is 1. The molecule has 1 aromatic carbocycles. The van der Waals surface area contributed by atoms with Gasteiger partial charge < -0.3 is 4.90 Å². The van der Waals surface area contributed by atoms with Gasteiger partial charge in [0, 0.05) is 19.1 Å². The molecule has 0 radical (unpaired) electrons. The lowest BCUT2D eigenvalue weighted by Crippen LogP contribution is -2.61. The number of fused-ring (bicyclic) bond motifs is 1. The quantitative estimate of drug-likeness (QED) is 0.859. The van der Waals surface area contributed by atoms with Gasteiger partial charge in [-0.05, 0) is 37.8 Å². The molecule has 2 unspecified atom stereocenters. The van der Waals surface area contributed by atoms with Crippen molar-refractivity contribution >= 4 is 11.9 Å². The van der Waals surface area contributed by atoms with E-state index in [0.29, 0.717) is 13.1 Å². The summed E-state index contributed by atoms with van der Waals surface area (Å²) < 4.78 is 0. The Balaban J connectivity index is 1.91. The van der Waals surface area contributed by atoms with E-state index < -0.39 is 0 Å². The Labute approximate surface area is 132 Å². The van der Waals surface area contributed by atoms with Gasteiger partial charge in [-0.25, -0.2) is 4.79 Å². The summed E-state index contributed by atoms with van der Waals surface area (Å²) in [5, 5.41) is 0. The molecule has 4 heteroatoms. The minimum absolute atomic E-state index is 0.00424. The number of imide groups is 1. The molecule has 2 fully saturated rings. The first-order chi connectivity index (χ1) is 10.6. The molecule has 1 aliphatic heterocycles. The van der Waals surface area contributed by atoms with Gasteiger partial charge in [0.1, 0.15) is 0 Å². The number of amides is 3. The van der Waals surface area contributed by atoms with Crippen LogP contribution in [0.25, 0.3) is 0 Å². The monoisotopic (exact) mass is 300 g/mol. The molecule has 0 spiro atoms. The van der Waals surface area contributed by atoms with E-state index in [0.717, 1.165) is 25.7 Å². The molecule has 1 saturated carbocycles. The Morgan fingerprint density at radius 1 is 1.14 bits per heavy atom. The summed E-state index contributed by atoms with van der Waals surface area (Å²) in [4.78, 5) is 28.7. The van der Waals surface area contributed by atoms with Crippen LogP contribution >= 0.6 is 0 Å². The van der Waals surface area contributed by atoms with Crippen molar-refractivity contribution in [2.45, 2.75) is 52.1 Å². The van der Waals surface area contributed by atoms with Crippen LogP contribution in [0, 0.1) is 12.8 Å². The maximum absolute atomic E-state index is 12.8. The SMILES string of the molecule is CCN1C(=O)C2CCCCC2N(Cc2ccccc2C)C1=O. The molecule has 1 saturated heterocycles. The molecule has 22 heavy (non-hydrogen) atoms. The van der Waals surface area contributed by atoms with Crippen molar-refractivity contribution < 1.29 is 9.59 Å². The van der Waals surface area contributed by atoms with Crippen molar-refractivity contribution in [1.82, 2.24) is 9.80 Å². The molecular weight excluding hydrogens is 276 g/mol. The molecular formula is C18H24N2O2. The molecule has 4 nitrogen and oxygen atoms in total. The highest BCUT2D eigenvalue weighted by Crippen LogP contribution is 2.35. The third-order valence-corrected chi connectivity index (χ3v) is 5.11. The van der Waals surface area contributed by atoms with E-state index in [9.17, 15) is 9.59 Å². The molecule has 1 heterocycles. The second kappa shape index (κ2) is 6.11. The Bertz CT molecular complexity index is 584. The van der Waals surface area contributed by atoms with E-state index in [4.69, 9.17) is 0 Å². The van der Waals surface area contributed by atoms with Gasteiger partial charge in [-0.15, -0.1) is 0 Å². The van der Waals surface area contributed by atoms with Gasteiger partial charge >= 0.3 is 6.03 Å². The first kappa shape index (κ1) is 15.1. The topological polar surface area (TPSA) is 40.6 Å². The van der Waals surface area contributed by atoms with Crippen molar-refractivity contribution in [3.8, 4) is 0 Å².